The number of carbonyl (C=O) groups excluding carboxylic acids is 2. The van der Waals surface area contributed by atoms with Crippen LogP contribution in [0.15, 0.2) is 53.4 Å². The van der Waals surface area contributed by atoms with Crippen LogP contribution in [0.3, 0.4) is 0 Å². The number of hydrogen-bond acceptors (Lipinski definition) is 4. The average molecular weight is 444 g/mol. The van der Waals surface area contributed by atoms with E-state index in [9.17, 15) is 18.0 Å². The van der Waals surface area contributed by atoms with Crippen molar-refractivity contribution in [1.29, 1.82) is 0 Å². The van der Waals surface area contributed by atoms with Crippen molar-refractivity contribution >= 4 is 27.5 Å². The van der Waals surface area contributed by atoms with Crippen LogP contribution in [0.2, 0.25) is 0 Å². The van der Waals surface area contributed by atoms with Crippen molar-refractivity contribution in [2.45, 2.75) is 43.9 Å². The van der Waals surface area contributed by atoms with Gasteiger partial charge in [0.25, 0.3) is 5.91 Å². The van der Waals surface area contributed by atoms with Crippen LogP contribution in [-0.4, -0.2) is 44.2 Å². The lowest BCUT2D eigenvalue weighted by Gasteiger charge is -2.20. The molecule has 7 nitrogen and oxygen atoms in total. The first-order valence-electron chi connectivity index (χ1n) is 10.6. The molecule has 1 heterocycles. The SMILES string of the molecule is Cc1ccccc1C(=O)NCCC(=O)Nc1ccc(S(=O)(=O)N2CCCCCC2)cc1. The Balaban J connectivity index is 1.50. The van der Waals surface area contributed by atoms with Crippen LogP contribution >= 0.6 is 0 Å². The normalized spacial score (nSPS) is 15.1. The van der Waals surface area contributed by atoms with Crippen molar-refractivity contribution in [2.24, 2.45) is 0 Å². The van der Waals surface area contributed by atoms with Gasteiger partial charge in [-0.2, -0.15) is 4.31 Å². The summed E-state index contributed by atoms with van der Waals surface area (Å²) in [5, 5.41) is 5.48. The molecule has 0 aliphatic carbocycles. The molecule has 0 bridgehead atoms. The Labute approximate surface area is 183 Å². The molecule has 3 rings (SSSR count). The van der Waals surface area contributed by atoms with Crippen LogP contribution in [0.4, 0.5) is 5.69 Å². The minimum absolute atomic E-state index is 0.117. The molecular weight excluding hydrogens is 414 g/mol. The monoisotopic (exact) mass is 443 g/mol. The molecule has 8 heteroatoms. The molecule has 1 fully saturated rings. The molecule has 2 amide bonds. The third kappa shape index (κ3) is 6.15. The fraction of sp³-hybridized carbons (Fsp3) is 0.391. The van der Waals surface area contributed by atoms with Gasteiger partial charge in [0.15, 0.2) is 0 Å². The Bertz CT molecular complexity index is 1010. The molecule has 0 unspecified atom stereocenters. The molecule has 0 spiro atoms. The second-order valence-corrected chi connectivity index (χ2v) is 9.65. The smallest absolute Gasteiger partial charge is 0.251 e. The van der Waals surface area contributed by atoms with E-state index in [1.807, 2.05) is 19.1 Å². The predicted molar refractivity (Wildman–Crippen MR) is 120 cm³/mol. The summed E-state index contributed by atoms with van der Waals surface area (Å²) in [7, 11) is -3.51. The van der Waals surface area contributed by atoms with Gasteiger partial charge in [0, 0.05) is 37.3 Å². The standard InChI is InChI=1S/C23H29N3O4S/c1-18-8-4-5-9-21(18)23(28)24-15-14-22(27)25-19-10-12-20(13-11-19)31(29,30)26-16-6-2-3-7-17-26/h4-5,8-13H,2-3,6-7,14-17H2,1H3,(H,24,28)(H,25,27). The number of hydrogen-bond donors (Lipinski definition) is 2. The second kappa shape index (κ2) is 10.5. The van der Waals surface area contributed by atoms with E-state index in [2.05, 4.69) is 10.6 Å². The molecular formula is C23H29N3O4S. The van der Waals surface area contributed by atoms with Crippen molar-refractivity contribution in [3.63, 3.8) is 0 Å². The summed E-state index contributed by atoms with van der Waals surface area (Å²) in [6.45, 7) is 3.17. The van der Waals surface area contributed by atoms with Crippen molar-refractivity contribution < 1.29 is 18.0 Å². The predicted octanol–water partition coefficient (Wildman–Crippen LogP) is 3.32. The largest absolute Gasteiger partial charge is 0.352 e. The maximum absolute atomic E-state index is 12.8. The van der Waals surface area contributed by atoms with Gasteiger partial charge >= 0.3 is 0 Å². The quantitative estimate of drug-likeness (QED) is 0.686. The number of anilines is 1. The zero-order chi connectivity index (χ0) is 22.3. The number of carbonyl (C=O) groups is 2. The molecule has 2 aromatic rings. The fourth-order valence-corrected chi connectivity index (χ4v) is 5.09. The summed E-state index contributed by atoms with van der Waals surface area (Å²) in [5.41, 5.74) is 1.98. The molecule has 0 saturated carbocycles. The molecule has 2 aromatic carbocycles. The van der Waals surface area contributed by atoms with Crippen LogP contribution in [0.25, 0.3) is 0 Å². The van der Waals surface area contributed by atoms with Gasteiger partial charge in [-0.3, -0.25) is 9.59 Å². The highest BCUT2D eigenvalue weighted by atomic mass is 32.2. The van der Waals surface area contributed by atoms with Gasteiger partial charge in [-0.05, 0) is 55.7 Å². The van der Waals surface area contributed by atoms with E-state index < -0.39 is 10.0 Å². The molecule has 1 aliphatic rings. The highest BCUT2D eigenvalue weighted by Gasteiger charge is 2.25. The average Bonchev–Trinajstić information content (AvgIpc) is 3.04. The van der Waals surface area contributed by atoms with E-state index >= 15 is 0 Å². The molecule has 1 saturated heterocycles. The third-order valence-electron chi connectivity index (χ3n) is 5.37. The van der Waals surface area contributed by atoms with Crippen LogP contribution < -0.4 is 10.6 Å². The van der Waals surface area contributed by atoms with Crippen LogP contribution in [0.1, 0.15) is 48.0 Å². The van der Waals surface area contributed by atoms with Crippen molar-refractivity contribution in [1.82, 2.24) is 9.62 Å². The summed E-state index contributed by atoms with van der Waals surface area (Å²) >= 11 is 0. The van der Waals surface area contributed by atoms with Crippen LogP contribution in [0, 0.1) is 6.92 Å². The summed E-state index contributed by atoms with van der Waals surface area (Å²) < 4.78 is 27.2. The second-order valence-electron chi connectivity index (χ2n) is 7.71. The number of sulfonamides is 1. The van der Waals surface area contributed by atoms with Gasteiger partial charge in [-0.1, -0.05) is 31.0 Å². The molecule has 2 N–H and O–H groups in total. The number of nitrogens with one attached hydrogen (secondary N) is 2. The topological polar surface area (TPSA) is 95.6 Å². The Morgan fingerprint density at radius 2 is 1.58 bits per heavy atom. The Hall–Kier alpha value is -2.71. The van der Waals surface area contributed by atoms with Gasteiger partial charge in [0.1, 0.15) is 0 Å². The number of rotatable bonds is 7. The molecule has 0 atom stereocenters. The number of nitrogens with zero attached hydrogens (tertiary/aromatic N) is 1. The van der Waals surface area contributed by atoms with E-state index in [1.165, 1.54) is 12.1 Å². The Morgan fingerprint density at radius 3 is 2.23 bits per heavy atom. The minimum Gasteiger partial charge on any atom is -0.352 e. The first-order chi connectivity index (χ1) is 14.9. The van der Waals surface area contributed by atoms with E-state index in [0.29, 0.717) is 24.3 Å². The summed E-state index contributed by atoms with van der Waals surface area (Å²) in [5.74, 6) is -0.470. The number of amides is 2. The van der Waals surface area contributed by atoms with E-state index in [0.717, 1.165) is 31.2 Å². The highest BCUT2D eigenvalue weighted by molar-refractivity contribution is 7.89. The lowest BCUT2D eigenvalue weighted by molar-refractivity contribution is -0.116. The summed E-state index contributed by atoms with van der Waals surface area (Å²) in [4.78, 5) is 24.6. The molecule has 31 heavy (non-hydrogen) atoms. The first-order valence-corrected chi connectivity index (χ1v) is 12.1. The minimum atomic E-state index is -3.51. The Morgan fingerprint density at radius 1 is 0.935 bits per heavy atom. The molecule has 0 aromatic heterocycles. The Kier molecular flexibility index (Phi) is 7.81. The lowest BCUT2D eigenvalue weighted by Crippen LogP contribution is -2.31. The zero-order valence-electron chi connectivity index (χ0n) is 17.8. The maximum Gasteiger partial charge on any atom is 0.251 e. The highest BCUT2D eigenvalue weighted by Crippen LogP contribution is 2.21. The molecule has 1 aliphatic heterocycles. The number of benzene rings is 2. The molecule has 0 radical (unpaired) electrons. The first kappa shape index (κ1) is 23.0. The van der Waals surface area contributed by atoms with E-state index in [-0.39, 0.29) is 29.7 Å². The summed E-state index contributed by atoms with van der Waals surface area (Å²) in [6.07, 6.45) is 4.00. The van der Waals surface area contributed by atoms with E-state index in [4.69, 9.17) is 0 Å². The number of aryl methyl sites for hydroxylation is 1. The van der Waals surface area contributed by atoms with Gasteiger partial charge in [0.2, 0.25) is 15.9 Å². The van der Waals surface area contributed by atoms with Crippen LogP contribution in [-0.2, 0) is 14.8 Å². The van der Waals surface area contributed by atoms with Crippen LogP contribution in [0.5, 0.6) is 0 Å². The van der Waals surface area contributed by atoms with Crippen molar-refractivity contribution in [2.75, 3.05) is 25.0 Å². The third-order valence-corrected chi connectivity index (χ3v) is 7.28. The van der Waals surface area contributed by atoms with Gasteiger partial charge in [-0.25, -0.2) is 8.42 Å². The maximum atomic E-state index is 12.8. The summed E-state index contributed by atoms with van der Waals surface area (Å²) in [6, 6.07) is 13.5. The molecule has 166 valence electrons. The van der Waals surface area contributed by atoms with Gasteiger partial charge < -0.3 is 10.6 Å². The van der Waals surface area contributed by atoms with Crippen molar-refractivity contribution in [3.8, 4) is 0 Å². The van der Waals surface area contributed by atoms with Crippen molar-refractivity contribution in [3.05, 3.63) is 59.7 Å². The zero-order valence-corrected chi connectivity index (χ0v) is 18.6. The lowest BCUT2D eigenvalue weighted by atomic mass is 10.1. The van der Waals surface area contributed by atoms with Gasteiger partial charge in [0.05, 0.1) is 4.90 Å². The fourth-order valence-electron chi connectivity index (χ4n) is 3.58. The van der Waals surface area contributed by atoms with Gasteiger partial charge in [-0.15, -0.1) is 0 Å². The van der Waals surface area contributed by atoms with E-state index in [1.54, 1.807) is 28.6 Å².